The third kappa shape index (κ3) is 4.22. The Hall–Kier alpha value is -3.55. The standard InChI is InChI=1S/C20H20N2O6/c1-12(20(25)26-2)22-19(24)18-15(23)8-14(9-21-18)17-11-27-10-16(28-17)13-6-4-3-5-7-13/h3-4,6,8-12,23H,5,7H2,1-2H3,(H,22,24). The monoisotopic (exact) mass is 384 g/mol. The zero-order valence-electron chi connectivity index (χ0n) is 15.5. The number of allylic oxidation sites excluding steroid dienone is 4. The van der Waals surface area contributed by atoms with E-state index in [9.17, 15) is 14.7 Å². The fourth-order valence-corrected chi connectivity index (χ4v) is 2.66. The summed E-state index contributed by atoms with van der Waals surface area (Å²) >= 11 is 0. The molecule has 2 N–H and O–H groups in total. The summed E-state index contributed by atoms with van der Waals surface area (Å²) in [5.74, 6) is -0.724. The number of hydrogen-bond acceptors (Lipinski definition) is 7. The highest BCUT2D eigenvalue weighted by molar-refractivity contribution is 5.97. The smallest absolute Gasteiger partial charge is 0.328 e. The molecule has 3 rings (SSSR count). The van der Waals surface area contributed by atoms with Crippen molar-refractivity contribution in [2.45, 2.75) is 25.8 Å². The minimum absolute atomic E-state index is 0.215. The van der Waals surface area contributed by atoms with Crippen LogP contribution in [0.15, 0.2) is 54.3 Å². The summed E-state index contributed by atoms with van der Waals surface area (Å²) < 4.78 is 15.8. The minimum atomic E-state index is -0.873. The van der Waals surface area contributed by atoms with Gasteiger partial charge in [0.25, 0.3) is 5.91 Å². The molecule has 1 aliphatic carbocycles. The van der Waals surface area contributed by atoms with Crippen molar-refractivity contribution in [1.29, 1.82) is 0 Å². The predicted octanol–water partition coefficient (Wildman–Crippen LogP) is 2.54. The lowest BCUT2D eigenvalue weighted by molar-refractivity contribution is -0.142. The van der Waals surface area contributed by atoms with Crippen molar-refractivity contribution >= 4 is 17.6 Å². The number of nitrogens with zero attached hydrogens (tertiary/aromatic N) is 1. The molecule has 28 heavy (non-hydrogen) atoms. The second-order valence-electron chi connectivity index (χ2n) is 6.17. The third-order valence-corrected chi connectivity index (χ3v) is 4.17. The summed E-state index contributed by atoms with van der Waals surface area (Å²) in [5.41, 5.74) is 1.22. The van der Waals surface area contributed by atoms with E-state index in [0.717, 1.165) is 18.4 Å². The van der Waals surface area contributed by atoms with Crippen LogP contribution < -0.4 is 5.32 Å². The Balaban J connectivity index is 1.73. The van der Waals surface area contributed by atoms with Gasteiger partial charge in [-0.3, -0.25) is 4.79 Å². The SMILES string of the molecule is COC(=O)C(C)NC(=O)c1ncc(C2=COC=C(C3=CC=CCC3)O2)cc1O. The average molecular weight is 384 g/mol. The molecule has 2 aliphatic rings. The number of esters is 1. The van der Waals surface area contributed by atoms with Gasteiger partial charge in [-0.15, -0.1) is 0 Å². The first-order chi connectivity index (χ1) is 13.5. The summed E-state index contributed by atoms with van der Waals surface area (Å²) in [7, 11) is 1.22. The first-order valence-corrected chi connectivity index (χ1v) is 8.67. The molecule has 0 spiro atoms. The summed E-state index contributed by atoms with van der Waals surface area (Å²) in [6.45, 7) is 1.47. The Morgan fingerprint density at radius 2 is 2.11 bits per heavy atom. The predicted molar refractivity (Wildman–Crippen MR) is 99.5 cm³/mol. The van der Waals surface area contributed by atoms with Gasteiger partial charge in [0.05, 0.1) is 7.11 Å². The van der Waals surface area contributed by atoms with Gasteiger partial charge in [0.2, 0.25) is 0 Å². The molecular formula is C20H20N2O6. The Morgan fingerprint density at radius 1 is 1.32 bits per heavy atom. The zero-order chi connectivity index (χ0) is 20.1. The normalized spacial score (nSPS) is 16.6. The van der Waals surface area contributed by atoms with Crippen molar-refractivity contribution < 1.29 is 28.9 Å². The first-order valence-electron chi connectivity index (χ1n) is 8.67. The number of methoxy groups -OCH3 is 1. The molecule has 1 aliphatic heterocycles. The van der Waals surface area contributed by atoms with Gasteiger partial charge < -0.3 is 24.6 Å². The molecule has 1 unspecified atom stereocenters. The van der Waals surface area contributed by atoms with Crippen LogP contribution in [0.2, 0.25) is 0 Å². The number of rotatable bonds is 5. The number of ether oxygens (including phenoxy) is 3. The largest absolute Gasteiger partial charge is 0.505 e. The third-order valence-electron chi connectivity index (χ3n) is 4.17. The average Bonchev–Trinajstić information content (AvgIpc) is 2.73. The van der Waals surface area contributed by atoms with Crippen molar-refractivity contribution in [3.05, 3.63) is 65.6 Å². The number of carbonyl (C=O) groups is 2. The molecule has 0 bridgehead atoms. The highest BCUT2D eigenvalue weighted by Crippen LogP contribution is 2.31. The van der Waals surface area contributed by atoms with Crippen LogP contribution in [0.4, 0.5) is 0 Å². The number of pyridine rings is 1. The van der Waals surface area contributed by atoms with Crippen LogP contribution in [0.5, 0.6) is 5.75 Å². The summed E-state index contributed by atoms with van der Waals surface area (Å²) in [6, 6.07) is 0.472. The van der Waals surface area contributed by atoms with Gasteiger partial charge >= 0.3 is 5.97 Å². The fraction of sp³-hybridized carbons (Fsp3) is 0.250. The van der Waals surface area contributed by atoms with Crippen LogP contribution in [-0.4, -0.2) is 35.1 Å². The van der Waals surface area contributed by atoms with Gasteiger partial charge in [-0.1, -0.05) is 18.2 Å². The van der Waals surface area contributed by atoms with Crippen LogP contribution in [-0.2, 0) is 19.0 Å². The van der Waals surface area contributed by atoms with E-state index in [1.165, 1.54) is 38.8 Å². The molecule has 0 radical (unpaired) electrons. The Bertz CT molecular complexity index is 913. The van der Waals surface area contributed by atoms with E-state index in [1.807, 2.05) is 12.2 Å². The second-order valence-corrected chi connectivity index (χ2v) is 6.17. The number of carbonyl (C=O) groups excluding carboxylic acids is 2. The van der Waals surface area contributed by atoms with Gasteiger partial charge in [0, 0.05) is 11.8 Å². The van der Waals surface area contributed by atoms with E-state index >= 15 is 0 Å². The Kier molecular flexibility index (Phi) is 5.78. The number of amides is 1. The lowest BCUT2D eigenvalue weighted by atomic mass is 10.0. The molecule has 8 heteroatoms. The van der Waals surface area contributed by atoms with Gasteiger partial charge in [-0.25, -0.2) is 9.78 Å². The van der Waals surface area contributed by atoms with E-state index in [1.54, 1.807) is 0 Å². The van der Waals surface area contributed by atoms with Gasteiger partial charge in [-0.05, 0) is 31.4 Å². The van der Waals surface area contributed by atoms with Gasteiger partial charge in [0.15, 0.2) is 17.2 Å². The van der Waals surface area contributed by atoms with Crippen molar-refractivity contribution in [3.8, 4) is 5.75 Å². The van der Waals surface area contributed by atoms with E-state index in [2.05, 4.69) is 21.1 Å². The molecule has 0 saturated heterocycles. The van der Waals surface area contributed by atoms with Gasteiger partial charge in [-0.2, -0.15) is 0 Å². The summed E-state index contributed by atoms with van der Waals surface area (Å²) in [5, 5.41) is 12.6. The van der Waals surface area contributed by atoms with Crippen LogP contribution in [0, 0.1) is 0 Å². The minimum Gasteiger partial charge on any atom is -0.505 e. The molecule has 0 fully saturated rings. The van der Waals surface area contributed by atoms with E-state index in [0.29, 0.717) is 17.1 Å². The summed E-state index contributed by atoms with van der Waals surface area (Å²) in [6.07, 6.45) is 12.0. The van der Waals surface area contributed by atoms with Gasteiger partial charge in [0.1, 0.15) is 24.3 Å². The van der Waals surface area contributed by atoms with E-state index in [-0.39, 0.29) is 11.4 Å². The molecule has 8 nitrogen and oxygen atoms in total. The van der Waals surface area contributed by atoms with Crippen molar-refractivity contribution in [2.75, 3.05) is 7.11 Å². The highest BCUT2D eigenvalue weighted by atomic mass is 16.5. The molecule has 1 aromatic rings. The van der Waals surface area contributed by atoms with Crippen LogP contribution in [0.1, 0.15) is 35.8 Å². The molecule has 0 aromatic carbocycles. The molecule has 1 amide bonds. The zero-order valence-corrected chi connectivity index (χ0v) is 15.5. The number of aromatic nitrogens is 1. The summed E-state index contributed by atoms with van der Waals surface area (Å²) in [4.78, 5) is 27.6. The quantitative estimate of drug-likeness (QED) is 0.751. The Morgan fingerprint density at radius 3 is 2.79 bits per heavy atom. The molecule has 2 heterocycles. The topological polar surface area (TPSA) is 107 Å². The molecule has 1 atom stereocenters. The Labute approximate surface area is 161 Å². The lowest BCUT2D eigenvalue weighted by Crippen LogP contribution is -2.39. The molecular weight excluding hydrogens is 364 g/mol. The highest BCUT2D eigenvalue weighted by Gasteiger charge is 2.22. The first kappa shape index (κ1) is 19.2. The molecule has 146 valence electrons. The van der Waals surface area contributed by atoms with Crippen molar-refractivity contribution in [1.82, 2.24) is 10.3 Å². The maximum Gasteiger partial charge on any atom is 0.328 e. The maximum atomic E-state index is 12.2. The second kappa shape index (κ2) is 8.43. The number of aromatic hydroxyl groups is 1. The maximum absolute atomic E-state index is 12.2. The van der Waals surface area contributed by atoms with Crippen molar-refractivity contribution in [3.63, 3.8) is 0 Å². The van der Waals surface area contributed by atoms with Crippen molar-refractivity contribution in [2.24, 2.45) is 0 Å². The lowest BCUT2D eigenvalue weighted by Gasteiger charge is -2.19. The van der Waals surface area contributed by atoms with Crippen LogP contribution in [0.25, 0.3) is 5.76 Å². The van der Waals surface area contributed by atoms with Crippen LogP contribution in [0.3, 0.4) is 0 Å². The molecule has 0 saturated carbocycles. The number of nitrogens with one attached hydrogen (secondary N) is 1. The fourth-order valence-electron chi connectivity index (χ4n) is 2.66. The van der Waals surface area contributed by atoms with E-state index < -0.39 is 17.9 Å². The van der Waals surface area contributed by atoms with E-state index in [4.69, 9.17) is 9.47 Å². The van der Waals surface area contributed by atoms with Crippen LogP contribution >= 0.6 is 0 Å². The molecule has 1 aromatic heterocycles. The number of hydrogen-bond donors (Lipinski definition) is 2.